The predicted molar refractivity (Wildman–Crippen MR) is 193 cm³/mol. The number of aliphatic hydroxyl groups excluding tert-OH is 2. The fraction of sp³-hybridized carbons (Fsp3) is 0.107. The molecule has 4 aromatic rings. The van der Waals surface area contributed by atoms with Crippen LogP contribution < -0.4 is 99.7 Å². The van der Waals surface area contributed by atoms with Crippen LogP contribution in [0.1, 0.15) is 1.43 Å². The number of rotatable bonds is 9. The first-order valence-corrected chi connectivity index (χ1v) is 17.9. The van der Waals surface area contributed by atoms with Crippen LogP contribution in [0.25, 0.3) is 0 Å². The molecule has 4 aromatic carbocycles. The number of carbonyl (C=O) groups is 1. The number of nitrogen functional groups attached to an aromatic ring is 1. The van der Waals surface area contributed by atoms with Crippen molar-refractivity contribution in [1.29, 1.82) is 0 Å². The van der Waals surface area contributed by atoms with Crippen LogP contribution >= 0.6 is 0 Å². The summed E-state index contributed by atoms with van der Waals surface area (Å²) < 4.78 is 80.5. The smallest absolute Gasteiger partial charge is 1.00 e. The summed E-state index contributed by atoms with van der Waals surface area (Å²) >= 11 is 0. The number of hydrogen-bond donors (Lipinski definition) is 4. The summed E-state index contributed by atoms with van der Waals surface area (Å²) in [7, 11) is -9.98. The third-order valence-corrected chi connectivity index (χ3v) is 5.68. The number of anilines is 2. The van der Waals surface area contributed by atoms with Gasteiger partial charge in [0.25, 0.3) is 11.4 Å². The van der Waals surface area contributed by atoms with Crippen molar-refractivity contribution in [2.45, 2.75) is 0 Å². The molecule has 0 aromatic heterocycles. The minimum absolute atomic E-state index is 0. The molecule has 0 radical (unpaired) electrons. The van der Waals surface area contributed by atoms with E-state index in [1.54, 1.807) is 48.5 Å². The molecule has 0 heterocycles. The number of azo groups is 2. The Morgan fingerprint density at radius 1 is 0.621 bits per heavy atom. The number of nitrogens with two attached hydrogens (primary N) is 1. The zero-order chi connectivity index (χ0) is 42.6. The molecule has 0 saturated carbocycles. The van der Waals surface area contributed by atoms with Crippen LogP contribution in [0.3, 0.4) is 0 Å². The Balaban J connectivity index is -0.000000162. The van der Waals surface area contributed by atoms with Gasteiger partial charge in [0, 0.05) is 42.7 Å². The summed E-state index contributed by atoms with van der Waals surface area (Å²) in [5.41, 5.74) is 9.78. The largest absolute Gasteiger partial charge is 1.00 e. The maximum absolute atomic E-state index is 10.5. The molecule has 0 saturated heterocycles. The van der Waals surface area contributed by atoms with E-state index in [2.05, 4.69) is 25.8 Å². The van der Waals surface area contributed by atoms with Crippen molar-refractivity contribution in [2.24, 2.45) is 20.5 Å². The molecule has 0 aliphatic heterocycles. The van der Waals surface area contributed by atoms with Crippen molar-refractivity contribution < 1.29 is 154 Å². The van der Waals surface area contributed by atoms with Gasteiger partial charge in [0.15, 0.2) is 0 Å². The Bertz CT molecular complexity index is 2140. The first-order chi connectivity index (χ1) is 25.7. The minimum Gasteiger partial charge on any atom is -1.00 e. The van der Waals surface area contributed by atoms with E-state index in [0.717, 1.165) is 11.4 Å². The Morgan fingerprint density at radius 3 is 1.02 bits per heavy atom. The number of non-ortho nitro benzene ring substituents is 2. The number of nitrogens with zero attached hydrogens (tertiary/aromatic N) is 6. The number of benzene rings is 4. The van der Waals surface area contributed by atoms with Crippen molar-refractivity contribution in [3.8, 4) is 0 Å². The number of aliphatic hydroxyl groups is 2. The van der Waals surface area contributed by atoms with Gasteiger partial charge < -0.3 is 36.6 Å². The van der Waals surface area contributed by atoms with Gasteiger partial charge in [-0.25, -0.2) is 16.8 Å². The quantitative estimate of drug-likeness (QED) is 0.0304. The van der Waals surface area contributed by atoms with Crippen LogP contribution in [0.4, 0.5) is 45.5 Å². The van der Waals surface area contributed by atoms with Crippen molar-refractivity contribution in [1.82, 2.24) is 0 Å². The van der Waals surface area contributed by atoms with Gasteiger partial charge in [0.2, 0.25) is 0 Å². The van der Waals surface area contributed by atoms with Gasteiger partial charge in [-0.2, -0.15) is 20.5 Å². The first-order valence-electron chi connectivity index (χ1n) is 13.8. The van der Waals surface area contributed by atoms with E-state index in [-0.39, 0.29) is 101 Å². The number of nitro benzene ring substituents is 2. The molecule has 0 atom stereocenters. The van der Waals surface area contributed by atoms with E-state index in [1.807, 2.05) is 38.1 Å². The van der Waals surface area contributed by atoms with E-state index in [0.29, 0.717) is 22.7 Å². The van der Waals surface area contributed by atoms with E-state index < -0.39 is 52.6 Å². The standard InChI is InChI=1S/C13H12N4O2.C12H10N4O2.2CH4O4S.CH2O.3Na.O3S.H/c1-14-10-2-4-11(5-3-10)15-16-12-6-8-13(9-7-12)17(18)19;13-9-1-3-10(4-2-9)14-15-11-5-7-12(8-6-11)16(17)18;2*2-1-6(3,4)5;1-2;;;;1-4(2)3;/h2-9,14H,1H3;1-8H,13H2;2*2H,1H2,(H,3,4,5);1H2;;;;;/q;;;;;3*+1;;-1/p-2. The third kappa shape index (κ3) is 35.7. The molecule has 0 unspecified atom stereocenters. The number of nitro groups is 2. The molecule has 24 nitrogen and oxygen atoms in total. The molecule has 58 heavy (non-hydrogen) atoms. The molecular formula is C28H31N8Na3O16S3. The predicted octanol–water partition coefficient (Wildman–Crippen LogP) is -5.46. The van der Waals surface area contributed by atoms with E-state index in [4.69, 9.17) is 33.4 Å². The monoisotopic (exact) mass is 900 g/mol. The summed E-state index contributed by atoms with van der Waals surface area (Å²) in [6.07, 6.45) is 0. The maximum Gasteiger partial charge on any atom is 1.00 e. The zero-order valence-corrected chi connectivity index (χ0v) is 39.4. The summed E-state index contributed by atoms with van der Waals surface area (Å²) in [4.78, 5) is 28.1. The van der Waals surface area contributed by atoms with Crippen LogP contribution in [-0.4, -0.2) is 84.3 Å². The average molecular weight is 901 g/mol. The number of nitrogens with one attached hydrogen (secondary N) is 1. The van der Waals surface area contributed by atoms with Crippen molar-refractivity contribution in [3.05, 3.63) is 117 Å². The summed E-state index contributed by atoms with van der Waals surface area (Å²) in [6.45, 7) is 2.00. The molecular weight excluding hydrogens is 870 g/mol. The second-order valence-corrected chi connectivity index (χ2v) is 12.1. The SMILES string of the molecule is C=O.CNc1ccc(N=Nc2ccc([N+](=O)[O-])cc2)cc1.Nc1ccc(N=Nc2ccc([N+](=O)[O-])cc2)cc1.O=S(=O)([O-])CO.O=S(=O)([O-])CO.O=S(=O)=O.[H-].[Na+].[Na+].[Na+]. The Kier molecular flexibility index (Phi) is 38.9. The second-order valence-electron chi connectivity index (χ2n) is 8.91. The van der Waals surface area contributed by atoms with Gasteiger partial charge in [0.1, 0.15) is 38.9 Å². The summed E-state index contributed by atoms with van der Waals surface area (Å²) in [6, 6.07) is 26.2. The van der Waals surface area contributed by atoms with Gasteiger partial charge >= 0.3 is 99.3 Å². The van der Waals surface area contributed by atoms with Crippen LogP contribution in [0, 0.1) is 20.2 Å². The van der Waals surface area contributed by atoms with Crippen LogP contribution in [0.2, 0.25) is 0 Å². The first kappa shape index (κ1) is 63.7. The fourth-order valence-electron chi connectivity index (χ4n) is 2.75. The molecule has 0 fully saturated rings. The average Bonchev–Trinajstić information content (AvgIpc) is 3.15. The van der Waals surface area contributed by atoms with E-state index >= 15 is 0 Å². The Hall–Kier alpha value is -3.49. The molecule has 0 amide bonds. The molecule has 300 valence electrons. The van der Waals surface area contributed by atoms with E-state index in [9.17, 15) is 46.2 Å². The molecule has 0 bridgehead atoms. The van der Waals surface area contributed by atoms with Crippen LogP contribution in [-0.2, 0) is 35.6 Å². The molecule has 4 rings (SSSR count). The minimum atomic E-state index is -4.36. The summed E-state index contributed by atoms with van der Waals surface area (Å²) in [5.74, 6) is -2.62. The number of hydrogen-bond acceptors (Lipinski definition) is 22. The molecule has 5 N–H and O–H groups in total. The summed E-state index contributed by atoms with van der Waals surface area (Å²) in [5, 5.41) is 55.0. The molecule has 0 aliphatic rings. The van der Waals surface area contributed by atoms with Gasteiger partial charge in [-0.05, 0) is 72.8 Å². The molecule has 30 heteroatoms. The Labute approximate surface area is 400 Å². The van der Waals surface area contributed by atoms with Crippen molar-refractivity contribution in [2.75, 3.05) is 30.0 Å². The van der Waals surface area contributed by atoms with Crippen LogP contribution in [0.5, 0.6) is 0 Å². The molecule has 0 aliphatic carbocycles. The van der Waals surface area contributed by atoms with Gasteiger partial charge in [-0.15, -0.1) is 12.6 Å². The maximum atomic E-state index is 10.5. The topological polar surface area (TPSA) is 397 Å². The Morgan fingerprint density at radius 2 is 0.828 bits per heavy atom. The van der Waals surface area contributed by atoms with E-state index in [1.165, 1.54) is 24.3 Å². The van der Waals surface area contributed by atoms with Gasteiger partial charge in [-0.1, -0.05) is 0 Å². The van der Waals surface area contributed by atoms with Crippen molar-refractivity contribution in [3.63, 3.8) is 0 Å². The van der Waals surface area contributed by atoms with Gasteiger partial charge in [0.05, 0.1) is 32.6 Å². The third-order valence-electron chi connectivity index (χ3n) is 5.05. The fourth-order valence-corrected chi connectivity index (χ4v) is 2.75. The molecule has 0 spiro atoms. The van der Waals surface area contributed by atoms with Gasteiger partial charge in [-0.3, -0.25) is 20.2 Å². The second kappa shape index (κ2) is 35.5. The number of carbonyl (C=O) groups excluding carboxylic acids is 1. The normalized spacial score (nSPS) is 9.67. The van der Waals surface area contributed by atoms with Crippen LogP contribution in [0.15, 0.2) is 118 Å². The van der Waals surface area contributed by atoms with Crippen molar-refractivity contribution >= 4 is 83.1 Å². The zero-order valence-electron chi connectivity index (χ0n) is 32.0.